The normalized spacial score (nSPS) is 18.8. The minimum absolute atomic E-state index is 0.565. The van der Waals surface area contributed by atoms with Crippen molar-refractivity contribution in [3.05, 3.63) is 24.3 Å². The van der Waals surface area contributed by atoms with Gasteiger partial charge >= 0.3 is 0 Å². The summed E-state index contributed by atoms with van der Waals surface area (Å²) in [5.74, 6) is 1.48. The molecular formula is C16H26N2O. The number of hydrogen-bond donors (Lipinski definition) is 1. The summed E-state index contributed by atoms with van der Waals surface area (Å²) in [7, 11) is 0. The Bertz CT molecular complexity index is 356. The SMILES string of the molecule is CC(COc1ccc(N)cc1)CN1CCCCCC1. The van der Waals surface area contributed by atoms with E-state index in [2.05, 4.69) is 11.8 Å². The van der Waals surface area contributed by atoms with Gasteiger partial charge in [0.05, 0.1) is 6.61 Å². The first-order chi connectivity index (χ1) is 9.24. The van der Waals surface area contributed by atoms with E-state index in [1.165, 1.54) is 38.8 Å². The molecule has 1 aromatic carbocycles. The summed E-state index contributed by atoms with van der Waals surface area (Å²) in [5.41, 5.74) is 6.44. The van der Waals surface area contributed by atoms with Crippen molar-refractivity contribution in [2.24, 2.45) is 5.92 Å². The largest absolute Gasteiger partial charge is 0.493 e. The molecule has 3 nitrogen and oxygen atoms in total. The first kappa shape index (κ1) is 14.2. The standard InChI is InChI=1S/C16H26N2O/c1-14(12-18-10-4-2-3-5-11-18)13-19-16-8-6-15(17)7-9-16/h6-9,14H,2-5,10-13,17H2,1H3. The second-order valence-corrected chi connectivity index (χ2v) is 5.70. The number of benzene rings is 1. The average Bonchev–Trinajstić information content (AvgIpc) is 2.67. The minimum Gasteiger partial charge on any atom is -0.493 e. The van der Waals surface area contributed by atoms with Crippen molar-refractivity contribution in [3.8, 4) is 5.75 Å². The summed E-state index contributed by atoms with van der Waals surface area (Å²) in [6, 6.07) is 7.64. The van der Waals surface area contributed by atoms with Gasteiger partial charge in [-0.3, -0.25) is 0 Å². The van der Waals surface area contributed by atoms with Gasteiger partial charge in [0, 0.05) is 18.2 Å². The predicted molar refractivity (Wildman–Crippen MR) is 80.4 cm³/mol. The van der Waals surface area contributed by atoms with Gasteiger partial charge in [0.1, 0.15) is 5.75 Å². The third-order valence-corrected chi connectivity index (χ3v) is 3.68. The fourth-order valence-corrected chi connectivity index (χ4v) is 2.61. The van der Waals surface area contributed by atoms with Gasteiger partial charge in [-0.1, -0.05) is 19.8 Å². The quantitative estimate of drug-likeness (QED) is 0.828. The average molecular weight is 262 g/mol. The maximum atomic E-state index is 5.81. The lowest BCUT2D eigenvalue weighted by Gasteiger charge is -2.24. The van der Waals surface area contributed by atoms with Crippen LogP contribution in [0.5, 0.6) is 5.75 Å². The number of ether oxygens (including phenoxy) is 1. The van der Waals surface area contributed by atoms with Crippen LogP contribution in [-0.2, 0) is 0 Å². The fraction of sp³-hybridized carbons (Fsp3) is 0.625. The lowest BCUT2D eigenvalue weighted by atomic mass is 10.2. The molecule has 3 heteroatoms. The molecule has 0 bridgehead atoms. The van der Waals surface area contributed by atoms with Crippen LogP contribution in [0.4, 0.5) is 5.69 Å². The minimum atomic E-state index is 0.565. The number of nitrogen functional groups attached to an aromatic ring is 1. The molecule has 1 aliphatic heterocycles. The van der Waals surface area contributed by atoms with Crippen LogP contribution in [-0.4, -0.2) is 31.1 Å². The summed E-state index contributed by atoms with van der Waals surface area (Å²) in [6.07, 6.45) is 5.50. The zero-order valence-electron chi connectivity index (χ0n) is 12.0. The van der Waals surface area contributed by atoms with Crippen LogP contribution in [0.2, 0.25) is 0 Å². The van der Waals surface area contributed by atoms with Crippen LogP contribution < -0.4 is 10.5 Å². The van der Waals surface area contributed by atoms with Crippen molar-refractivity contribution in [2.45, 2.75) is 32.6 Å². The van der Waals surface area contributed by atoms with Gasteiger partial charge in [0.2, 0.25) is 0 Å². The summed E-state index contributed by atoms with van der Waals surface area (Å²) in [6.45, 7) is 6.70. The summed E-state index contributed by atoms with van der Waals surface area (Å²) in [5, 5.41) is 0. The van der Waals surface area contributed by atoms with Crippen molar-refractivity contribution in [2.75, 3.05) is 32.0 Å². The van der Waals surface area contributed by atoms with E-state index in [9.17, 15) is 0 Å². The molecule has 1 heterocycles. The Labute approximate surface area is 116 Å². The van der Waals surface area contributed by atoms with E-state index in [1.807, 2.05) is 24.3 Å². The summed E-state index contributed by atoms with van der Waals surface area (Å²) >= 11 is 0. The number of nitrogens with two attached hydrogens (primary N) is 1. The van der Waals surface area contributed by atoms with Crippen LogP contribution in [0, 0.1) is 5.92 Å². The van der Waals surface area contributed by atoms with E-state index in [4.69, 9.17) is 10.5 Å². The first-order valence-electron chi connectivity index (χ1n) is 7.45. The molecule has 0 spiro atoms. The lowest BCUT2D eigenvalue weighted by Crippen LogP contribution is -2.31. The Morgan fingerprint density at radius 1 is 1.11 bits per heavy atom. The zero-order chi connectivity index (χ0) is 13.5. The third kappa shape index (κ3) is 5.11. The van der Waals surface area contributed by atoms with E-state index in [1.54, 1.807) is 0 Å². The molecule has 1 atom stereocenters. The molecule has 1 unspecified atom stereocenters. The Kier molecular flexibility index (Phi) is 5.52. The maximum absolute atomic E-state index is 5.81. The highest BCUT2D eigenvalue weighted by Crippen LogP contribution is 2.15. The van der Waals surface area contributed by atoms with Crippen LogP contribution in [0.3, 0.4) is 0 Å². The van der Waals surface area contributed by atoms with Gasteiger partial charge in [-0.2, -0.15) is 0 Å². The topological polar surface area (TPSA) is 38.5 Å². The zero-order valence-corrected chi connectivity index (χ0v) is 12.0. The van der Waals surface area contributed by atoms with Gasteiger partial charge in [0.15, 0.2) is 0 Å². The van der Waals surface area contributed by atoms with E-state index >= 15 is 0 Å². The van der Waals surface area contributed by atoms with Crippen LogP contribution in [0.15, 0.2) is 24.3 Å². The van der Waals surface area contributed by atoms with Crippen molar-refractivity contribution in [1.29, 1.82) is 0 Å². The summed E-state index contributed by atoms with van der Waals surface area (Å²) in [4.78, 5) is 2.59. The second-order valence-electron chi connectivity index (χ2n) is 5.70. The Morgan fingerprint density at radius 3 is 2.37 bits per heavy atom. The van der Waals surface area contributed by atoms with Gasteiger partial charge in [-0.25, -0.2) is 0 Å². The fourth-order valence-electron chi connectivity index (χ4n) is 2.61. The smallest absolute Gasteiger partial charge is 0.119 e. The molecular weight excluding hydrogens is 236 g/mol. The van der Waals surface area contributed by atoms with Gasteiger partial charge in [-0.05, 0) is 50.2 Å². The molecule has 2 rings (SSSR count). The van der Waals surface area contributed by atoms with E-state index in [-0.39, 0.29) is 0 Å². The molecule has 1 saturated heterocycles. The van der Waals surface area contributed by atoms with E-state index in [0.717, 1.165) is 24.6 Å². The molecule has 0 amide bonds. The molecule has 1 fully saturated rings. The Morgan fingerprint density at radius 2 is 1.74 bits per heavy atom. The molecule has 1 aliphatic rings. The molecule has 0 aromatic heterocycles. The second kappa shape index (κ2) is 7.39. The highest BCUT2D eigenvalue weighted by molar-refractivity contribution is 5.41. The van der Waals surface area contributed by atoms with Crippen molar-refractivity contribution in [3.63, 3.8) is 0 Å². The van der Waals surface area contributed by atoms with Crippen LogP contribution in [0.25, 0.3) is 0 Å². The molecule has 0 radical (unpaired) electrons. The first-order valence-corrected chi connectivity index (χ1v) is 7.45. The lowest BCUT2D eigenvalue weighted by molar-refractivity contribution is 0.189. The molecule has 2 N–H and O–H groups in total. The highest BCUT2D eigenvalue weighted by atomic mass is 16.5. The Balaban J connectivity index is 1.71. The maximum Gasteiger partial charge on any atom is 0.119 e. The van der Waals surface area contributed by atoms with Gasteiger partial charge in [0.25, 0.3) is 0 Å². The van der Waals surface area contributed by atoms with E-state index in [0.29, 0.717) is 5.92 Å². The molecule has 106 valence electrons. The van der Waals surface area contributed by atoms with Crippen molar-refractivity contribution >= 4 is 5.69 Å². The number of likely N-dealkylation sites (tertiary alicyclic amines) is 1. The highest BCUT2D eigenvalue weighted by Gasteiger charge is 2.12. The van der Waals surface area contributed by atoms with Crippen LogP contribution >= 0.6 is 0 Å². The molecule has 1 aromatic rings. The number of anilines is 1. The number of nitrogens with zero attached hydrogens (tertiary/aromatic N) is 1. The van der Waals surface area contributed by atoms with Crippen molar-refractivity contribution < 1.29 is 4.74 Å². The summed E-state index contributed by atoms with van der Waals surface area (Å²) < 4.78 is 5.81. The van der Waals surface area contributed by atoms with Crippen LogP contribution in [0.1, 0.15) is 32.6 Å². The monoisotopic (exact) mass is 262 g/mol. The van der Waals surface area contributed by atoms with Gasteiger partial charge < -0.3 is 15.4 Å². The molecule has 0 saturated carbocycles. The molecule has 19 heavy (non-hydrogen) atoms. The molecule has 0 aliphatic carbocycles. The van der Waals surface area contributed by atoms with E-state index < -0.39 is 0 Å². The third-order valence-electron chi connectivity index (χ3n) is 3.68. The Hall–Kier alpha value is -1.22. The number of rotatable bonds is 5. The van der Waals surface area contributed by atoms with Gasteiger partial charge in [-0.15, -0.1) is 0 Å². The number of hydrogen-bond acceptors (Lipinski definition) is 3. The van der Waals surface area contributed by atoms with Crippen molar-refractivity contribution in [1.82, 2.24) is 4.90 Å². The predicted octanol–water partition coefficient (Wildman–Crippen LogP) is 3.16.